The predicted molar refractivity (Wildman–Crippen MR) is 149 cm³/mol. The molecular weight excluding hydrogens is 504 g/mol. The molecule has 38 heavy (non-hydrogen) atoms. The molecule has 0 aliphatic rings. The highest BCUT2D eigenvalue weighted by Crippen LogP contribution is 2.34. The van der Waals surface area contributed by atoms with E-state index in [9.17, 15) is 14.4 Å². The largest absolute Gasteiger partial charge is 0.360 e. The smallest absolute Gasteiger partial charge is 0.248 e. The molecule has 0 spiro atoms. The van der Waals surface area contributed by atoms with E-state index in [2.05, 4.69) is 29.6 Å². The van der Waals surface area contributed by atoms with E-state index in [1.54, 1.807) is 37.3 Å². The van der Waals surface area contributed by atoms with Gasteiger partial charge in [0.15, 0.2) is 5.82 Å². The SMILES string of the molecule is Cc1cc(NC(=O)CCC(=O)N(c2ccc(C(C)C)cc2)[C@@H](C(=O)NC(C)(C)C)c2ccccc2Cl)no1. The van der Waals surface area contributed by atoms with Gasteiger partial charge in [0.25, 0.3) is 0 Å². The maximum absolute atomic E-state index is 13.8. The van der Waals surface area contributed by atoms with Crippen LogP contribution in [0.1, 0.15) is 76.3 Å². The second kappa shape index (κ2) is 12.3. The number of hydrogen-bond donors (Lipinski definition) is 2. The molecule has 1 heterocycles. The van der Waals surface area contributed by atoms with E-state index in [0.29, 0.717) is 28.0 Å². The fraction of sp³-hybridized carbons (Fsp3) is 0.379. The summed E-state index contributed by atoms with van der Waals surface area (Å²) in [7, 11) is 0. The Morgan fingerprint density at radius 2 is 1.68 bits per heavy atom. The van der Waals surface area contributed by atoms with Gasteiger partial charge in [-0.3, -0.25) is 19.3 Å². The lowest BCUT2D eigenvalue weighted by Gasteiger charge is -2.34. The van der Waals surface area contributed by atoms with Crippen molar-refractivity contribution in [1.29, 1.82) is 0 Å². The second-order valence-electron chi connectivity index (χ2n) is 10.5. The van der Waals surface area contributed by atoms with Crippen LogP contribution in [0.25, 0.3) is 0 Å². The van der Waals surface area contributed by atoms with Gasteiger partial charge >= 0.3 is 0 Å². The number of hydrogen-bond acceptors (Lipinski definition) is 5. The third-order valence-electron chi connectivity index (χ3n) is 5.77. The minimum Gasteiger partial charge on any atom is -0.360 e. The number of amides is 3. The molecule has 0 fully saturated rings. The van der Waals surface area contributed by atoms with Gasteiger partial charge in [-0.25, -0.2) is 0 Å². The third kappa shape index (κ3) is 7.68. The topological polar surface area (TPSA) is 105 Å². The Morgan fingerprint density at radius 1 is 1.03 bits per heavy atom. The van der Waals surface area contributed by atoms with E-state index < -0.39 is 23.4 Å². The van der Waals surface area contributed by atoms with E-state index >= 15 is 0 Å². The highest BCUT2D eigenvalue weighted by atomic mass is 35.5. The van der Waals surface area contributed by atoms with Crippen LogP contribution in [-0.2, 0) is 14.4 Å². The number of aromatic nitrogens is 1. The van der Waals surface area contributed by atoms with Gasteiger partial charge in [0.2, 0.25) is 17.7 Å². The Morgan fingerprint density at radius 3 is 2.24 bits per heavy atom. The third-order valence-corrected chi connectivity index (χ3v) is 6.12. The number of rotatable bonds is 9. The Hall–Kier alpha value is -3.65. The first-order valence-corrected chi connectivity index (χ1v) is 12.9. The number of carbonyl (C=O) groups is 3. The summed E-state index contributed by atoms with van der Waals surface area (Å²) < 4.78 is 4.97. The second-order valence-corrected chi connectivity index (χ2v) is 11.0. The van der Waals surface area contributed by atoms with Crippen LogP contribution >= 0.6 is 11.6 Å². The van der Waals surface area contributed by atoms with Gasteiger partial charge < -0.3 is 15.2 Å². The number of halogens is 1. The van der Waals surface area contributed by atoms with Crippen molar-refractivity contribution in [1.82, 2.24) is 10.5 Å². The number of nitrogens with zero attached hydrogens (tertiary/aromatic N) is 2. The van der Waals surface area contributed by atoms with Crippen LogP contribution < -0.4 is 15.5 Å². The number of benzene rings is 2. The van der Waals surface area contributed by atoms with E-state index in [1.165, 1.54) is 4.90 Å². The molecule has 0 aliphatic heterocycles. The lowest BCUT2D eigenvalue weighted by Crippen LogP contribution is -2.49. The molecule has 9 heteroatoms. The summed E-state index contributed by atoms with van der Waals surface area (Å²) in [5, 5.41) is 9.73. The lowest BCUT2D eigenvalue weighted by atomic mass is 9.98. The average molecular weight is 539 g/mol. The molecule has 3 aromatic rings. The first-order valence-electron chi connectivity index (χ1n) is 12.6. The molecule has 0 radical (unpaired) electrons. The quantitative estimate of drug-likeness (QED) is 0.339. The Kier molecular flexibility index (Phi) is 9.33. The molecule has 0 saturated carbocycles. The minimum absolute atomic E-state index is 0.110. The monoisotopic (exact) mass is 538 g/mol. The van der Waals surface area contributed by atoms with Crippen LogP contribution in [0.4, 0.5) is 11.5 Å². The summed E-state index contributed by atoms with van der Waals surface area (Å²) in [6, 6.07) is 15.0. The molecule has 0 aliphatic carbocycles. The highest BCUT2D eigenvalue weighted by molar-refractivity contribution is 6.31. The van der Waals surface area contributed by atoms with Gasteiger partial charge in [-0.1, -0.05) is 60.9 Å². The van der Waals surface area contributed by atoms with Crippen molar-refractivity contribution in [3.8, 4) is 0 Å². The Balaban J connectivity index is 1.99. The highest BCUT2D eigenvalue weighted by Gasteiger charge is 2.35. The van der Waals surface area contributed by atoms with Crippen LogP contribution in [0, 0.1) is 6.92 Å². The van der Waals surface area contributed by atoms with Gasteiger partial charge in [0.1, 0.15) is 11.8 Å². The zero-order chi connectivity index (χ0) is 28.0. The standard InChI is InChI=1S/C29H35ClN4O4/c1-18(2)20-11-13-21(14-12-20)34(26(36)16-15-25(35)31-24-17-19(3)38-33-24)27(28(37)32-29(4,5)6)22-9-7-8-10-23(22)30/h7-14,17-18,27H,15-16H2,1-6H3,(H,32,37)(H,31,33,35)/t27-/m1/s1. The van der Waals surface area contributed by atoms with Crippen molar-refractivity contribution < 1.29 is 18.9 Å². The van der Waals surface area contributed by atoms with Gasteiger partial charge in [0, 0.05) is 40.7 Å². The molecule has 0 bridgehead atoms. The molecule has 3 rings (SSSR count). The molecule has 1 aromatic heterocycles. The van der Waals surface area contributed by atoms with Crippen molar-refractivity contribution >= 4 is 40.8 Å². The van der Waals surface area contributed by atoms with E-state index in [0.717, 1.165) is 5.56 Å². The molecule has 8 nitrogen and oxygen atoms in total. The molecule has 3 amide bonds. The van der Waals surface area contributed by atoms with Crippen LogP contribution in [0.2, 0.25) is 5.02 Å². The minimum atomic E-state index is -1.05. The van der Waals surface area contributed by atoms with Crippen molar-refractivity contribution in [2.45, 2.75) is 71.9 Å². The van der Waals surface area contributed by atoms with Crippen LogP contribution in [0.3, 0.4) is 0 Å². The zero-order valence-electron chi connectivity index (χ0n) is 22.7. The first-order chi connectivity index (χ1) is 17.9. The summed E-state index contributed by atoms with van der Waals surface area (Å²) in [4.78, 5) is 41.5. The number of anilines is 2. The molecule has 0 saturated heterocycles. The molecular formula is C29H35ClN4O4. The average Bonchev–Trinajstić information content (AvgIpc) is 3.24. The molecule has 2 aromatic carbocycles. The lowest BCUT2D eigenvalue weighted by molar-refractivity contribution is -0.128. The van der Waals surface area contributed by atoms with Crippen LogP contribution in [0.5, 0.6) is 0 Å². The number of aryl methyl sites for hydroxylation is 1. The molecule has 202 valence electrons. The summed E-state index contributed by atoms with van der Waals surface area (Å²) in [5.41, 5.74) is 1.56. The van der Waals surface area contributed by atoms with Crippen molar-refractivity contribution in [3.63, 3.8) is 0 Å². The van der Waals surface area contributed by atoms with E-state index in [4.69, 9.17) is 16.1 Å². The van der Waals surface area contributed by atoms with Crippen molar-refractivity contribution in [2.75, 3.05) is 10.2 Å². The van der Waals surface area contributed by atoms with Crippen molar-refractivity contribution in [3.05, 3.63) is 76.5 Å². The summed E-state index contributed by atoms with van der Waals surface area (Å²) in [6.45, 7) is 11.5. The first kappa shape index (κ1) is 28.9. The van der Waals surface area contributed by atoms with Crippen molar-refractivity contribution in [2.24, 2.45) is 0 Å². The molecule has 1 atom stereocenters. The number of carbonyl (C=O) groups excluding carboxylic acids is 3. The predicted octanol–water partition coefficient (Wildman–Crippen LogP) is 6.17. The maximum atomic E-state index is 13.8. The summed E-state index contributed by atoms with van der Waals surface area (Å²) in [6.07, 6.45) is -0.250. The maximum Gasteiger partial charge on any atom is 0.248 e. The molecule has 0 unspecified atom stereocenters. The fourth-order valence-corrected chi connectivity index (χ4v) is 4.20. The van der Waals surface area contributed by atoms with Gasteiger partial charge in [0.05, 0.1) is 0 Å². The van der Waals surface area contributed by atoms with Gasteiger partial charge in [-0.2, -0.15) is 0 Å². The van der Waals surface area contributed by atoms with Gasteiger partial charge in [-0.15, -0.1) is 0 Å². The number of nitrogens with one attached hydrogen (secondary N) is 2. The van der Waals surface area contributed by atoms with Crippen LogP contribution in [0.15, 0.2) is 59.1 Å². The zero-order valence-corrected chi connectivity index (χ0v) is 23.4. The van der Waals surface area contributed by atoms with E-state index in [1.807, 2.05) is 45.0 Å². The summed E-state index contributed by atoms with van der Waals surface area (Å²) in [5.74, 6) is -0.0487. The van der Waals surface area contributed by atoms with Gasteiger partial charge in [-0.05, 0) is 57.4 Å². The van der Waals surface area contributed by atoms with E-state index in [-0.39, 0.29) is 24.6 Å². The Labute approximate surface area is 228 Å². The fourth-order valence-electron chi connectivity index (χ4n) is 3.96. The summed E-state index contributed by atoms with van der Waals surface area (Å²) >= 11 is 6.56. The molecule has 2 N–H and O–H groups in total. The Bertz CT molecular complexity index is 1280. The normalized spacial score (nSPS) is 12.2. The van der Waals surface area contributed by atoms with Crippen LogP contribution in [-0.4, -0.2) is 28.4 Å².